The number of halogens is 2. The fourth-order valence-corrected chi connectivity index (χ4v) is 2.28. The molecule has 2 aromatic carbocycles. The summed E-state index contributed by atoms with van der Waals surface area (Å²) < 4.78 is 13.0. The molecule has 2 N–H and O–H groups in total. The molecule has 21 heavy (non-hydrogen) atoms. The summed E-state index contributed by atoms with van der Waals surface area (Å²) in [6.07, 6.45) is 3.43. The second-order valence-electron chi connectivity index (χ2n) is 4.63. The quantitative estimate of drug-likeness (QED) is 0.746. The molecular formula is C16H13ClFN3. The fraction of sp³-hybridized carbons (Fsp3) is 0.0625. The van der Waals surface area contributed by atoms with Crippen molar-refractivity contribution in [3.05, 3.63) is 71.4 Å². The molecule has 0 fully saturated rings. The average molecular weight is 302 g/mol. The standard InChI is InChI=1S/C16H13ClFN3/c17-15-7-13(18)4-1-12(15)8-20-14-5-2-11(3-6-14)16-9-19-10-21-16/h1-7,9-10,20H,8H2,(H,19,21). The zero-order valence-electron chi connectivity index (χ0n) is 11.1. The van der Waals surface area contributed by atoms with Crippen molar-refractivity contribution in [3.8, 4) is 11.3 Å². The van der Waals surface area contributed by atoms with Crippen molar-refractivity contribution in [1.29, 1.82) is 0 Å². The predicted molar refractivity (Wildman–Crippen MR) is 82.8 cm³/mol. The van der Waals surface area contributed by atoms with Crippen molar-refractivity contribution < 1.29 is 4.39 Å². The minimum absolute atomic E-state index is 0.326. The first-order valence-electron chi connectivity index (χ1n) is 6.49. The Morgan fingerprint density at radius 3 is 2.62 bits per heavy atom. The molecule has 0 aliphatic heterocycles. The van der Waals surface area contributed by atoms with Gasteiger partial charge in [-0.2, -0.15) is 0 Å². The van der Waals surface area contributed by atoms with E-state index >= 15 is 0 Å². The number of hydrogen-bond acceptors (Lipinski definition) is 2. The van der Waals surface area contributed by atoms with E-state index in [0.29, 0.717) is 11.6 Å². The fourth-order valence-electron chi connectivity index (χ4n) is 2.04. The second kappa shape index (κ2) is 5.97. The lowest BCUT2D eigenvalue weighted by Crippen LogP contribution is -2.00. The van der Waals surface area contributed by atoms with E-state index in [4.69, 9.17) is 11.6 Å². The number of nitrogens with zero attached hydrogens (tertiary/aromatic N) is 1. The van der Waals surface area contributed by atoms with Gasteiger partial charge in [0, 0.05) is 17.3 Å². The van der Waals surface area contributed by atoms with Crippen LogP contribution in [0.25, 0.3) is 11.3 Å². The lowest BCUT2D eigenvalue weighted by molar-refractivity contribution is 0.627. The molecule has 3 rings (SSSR count). The molecule has 0 atom stereocenters. The van der Waals surface area contributed by atoms with Crippen molar-refractivity contribution in [2.75, 3.05) is 5.32 Å². The number of aromatic amines is 1. The Balaban J connectivity index is 1.68. The monoisotopic (exact) mass is 301 g/mol. The van der Waals surface area contributed by atoms with Crippen LogP contribution in [-0.2, 0) is 6.54 Å². The second-order valence-corrected chi connectivity index (χ2v) is 5.04. The van der Waals surface area contributed by atoms with Crippen molar-refractivity contribution in [2.24, 2.45) is 0 Å². The Hall–Kier alpha value is -2.33. The van der Waals surface area contributed by atoms with Crippen LogP contribution < -0.4 is 5.32 Å². The van der Waals surface area contributed by atoms with Gasteiger partial charge in [-0.05, 0) is 35.4 Å². The Morgan fingerprint density at radius 1 is 1.14 bits per heavy atom. The van der Waals surface area contributed by atoms with Crippen LogP contribution in [0.15, 0.2) is 55.0 Å². The molecule has 0 radical (unpaired) electrons. The summed E-state index contributed by atoms with van der Waals surface area (Å²) in [4.78, 5) is 7.06. The highest BCUT2D eigenvalue weighted by molar-refractivity contribution is 6.31. The van der Waals surface area contributed by atoms with Crippen LogP contribution in [0, 0.1) is 5.82 Å². The molecule has 0 unspecified atom stereocenters. The maximum atomic E-state index is 13.0. The number of H-pyrrole nitrogens is 1. The first-order chi connectivity index (χ1) is 10.2. The Kier molecular flexibility index (Phi) is 3.88. The number of anilines is 1. The van der Waals surface area contributed by atoms with E-state index in [1.807, 2.05) is 24.3 Å². The maximum Gasteiger partial charge on any atom is 0.124 e. The summed E-state index contributed by atoms with van der Waals surface area (Å²) >= 11 is 6.00. The molecule has 0 bridgehead atoms. The molecule has 5 heteroatoms. The van der Waals surface area contributed by atoms with Crippen LogP contribution in [0.1, 0.15) is 5.56 Å². The SMILES string of the molecule is Fc1ccc(CNc2ccc(-c3cnc[nH]3)cc2)c(Cl)c1. The third kappa shape index (κ3) is 3.23. The van der Waals surface area contributed by atoms with Gasteiger partial charge >= 0.3 is 0 Å². The van der Waals surface area contributed by atoms with E-state index in [1.165, 1.54) is 12.1 Å². The van der Waals surface area contributed by atoms with Gasteiger partial charge in [0.2, 0.25) is 0 Å². The average Bonchev–Trinajstić information content (AvgIpc) is 3.01. The molecule has 0 saturated heterocycles. The zero-order valence-corrected chi connectivity index (χ0v) is 11.9. The summed E-state index contributed by atoms with van der Waals surface area (Å²) in [6.45, 7) is 0.544. The normalized spacial score (nSPS) is 10.6. The van der Waals surface area contributed by atoms with E-state index < -0.39 is 0 Å². The van der Waals surface area contributed by atoms with Gasteiger partial charge in [-0.25, -0.2) is 9.37 Å². The van der Waals surface area contributed by atoms with Crippen LogP contribution in [-0.4, -0.2) is 9.97 Å². The third-order valence-electron chi connectivity index (χ3n) is 3.19. The smallest absolute Gasteiger partial charge is 0.124 e. The first-order valence-corrected chi connectivity index (χ1v) is 6.87. The molecule has 0 spiro atoms. The summed E-state index contributed by atoms with van der Waals surface area (Å²) in [5.74, 6) is -0.326. The van der Waals surface area contributed by atoms with Gasteiger partial charge in [0.15, 0.2) is 0 Å². The summed E-state index contributed by atoms with van der Waals surface area (Å²) in [7, 11) is 0. The molecule has 0 saturated carbocycles. The number of benzene rings is 2. The van der Waals surface area contributed by atoms with Crippen molar-refractivity contribution in [2.45, 2.75) is 6.54 Å². The molecule has 0 amide bonds. The number of imidazole rings is 1. The van der Waals surface area contributed by atoms with Gasteiger partial charge < -0.3 is 10.3 Å². The highest BCUT2D eigenvalue weighted by Crippen LogP contribution is 2.21. The van der Waals surface area contributed by atoms with E-state index in [9.17, 15) is 4.39 Å². The lowest BCUT2D eigenvalue weighted by atomic mass is 10.1. The summed E-state index contributed by atoms with van der Waals surface area (Å²) in [6, 6.07) is 12.4. The Morgan fingerprint density at radius 2 is 1.95 bits per heavy atom. The summed E-state index contributed by atoms with van der Waals surface area (Å²) in [5.41, 5.74) is 3.87. The van der Waals surface area contributed by atoms with Crippen LogP contribution in [0.3, 0.4) is 0 Å². The van der Waals surface area contributed by atoms with Gasteiger partial charge in [-0.15, -0.1) is 0 Å². The topological polar surface area (TPSA) is 40.7 Å². The molecule has 0 aliphatic carbocycles. The molecule has 1 aromatic heterocycles. The summed E-state index contributed by atoms with van der Waals surface area (Å²) in [5, 5.41) is 3.69. The van der Waals surface area contributed by atoms with Crippen molar-refractivity contribution >= 4 is 17.3 Å². The molecule has 106 valence electrons. The van der Waals surface area contributed by atoms with E-state index in [1.54, 1.807) is 18.6 Å². The van der Waals surface area contributed by atoms with Crippen LogP contribution >= 0.6 is 11.6 Å². The van der Waals surface area contributed by atoms with Gasteiger partial charge in [0.1, 0.15) is 5.82 Å². The molecule has 3 nitrogen and oxygen atoms in total. The Labute approximate surface area is 126 Å². The van der Waals surface area contributed by atoms with Gasteiger partial charge in [0.05, 0.1) is 18.2 Å². The van der Waals surface area contributed by atoms with Gasteiger partial charge in [0.25, 0.3) is 0 Å². The lowest BCUT2D eigenvalue weighted by Gasteiger charge is -2.09. The van der Waals surface area contributed by atoms with Gasteiger partial charge in [-0.1, -0.05) is 29.8 Å². The van der Waals surface area contributed by atoms with Crippen LogP contribution in [0.4, 0.5) is 10.1 Å². The maximum absolute atomic E-state index is 13.0. The number of hydrogen-bond donors (Lipinski definition) is 2. The van der Waals surface area contributed by atoms with Gasteiger partial charge in [-0.3, -0.25) is 0 Å². The number of rotatable bonds is 4. The highest BCUT2D eigenvalue weighted by Gasteiger charge is 2.03. The minimum Gasteiger partial charge on any atom is -0.381 e. The number of aromatic nitrogens is 2. The Bertz CT molecular complexity index is 724. The highest BCUT2D eigenvalue weighted by atomic mass is 35.5. The first kappa shape index (κ1) is 13.6. The van der Waals surface area contributed by atoms with Crippen LogP contribution in [0.2, 0.25) is 5.02 Å². The van der Waals surface area contributed by atoms with E-state index in [2.05, 4.69) is 15.3 Å². The predicted octanol–water partition coefficient (Wildman–Crippen LogP) is 4.48. The van der Waals surface area contributed by atoms with Crippen molar-refractivity contribution in [1.82, 2.24) is 9.97 Å². The minimum atomic E-state index is -0.326. The number of nitrogens with one attached hydrogen (secondary N) is 2. The van der Waals surface area contributed by atoms with Crippen molar-refractivity contribution in [3.63, 3.8) is 0 Å². The molecule has 1 heterocycles. The molecule has 3 aromatic rings. The molecular weight excluding hydrogens is 289 g/mol. The van der Waals surface area contributed by atoms with E-state index in [0.717, 1.165) is 22.5 Å². The third-order valence-corrected chi connectivity index (χ3v) is 3.54. The zero-order chi connectivity index (χ0) is 14.7. The molecule has 0 aliphatic rings. The van der Waals surface area contributed by atoms with Crippen LogP contribution in [0.5, 0.6) is 0 Å². The largest absolute Gasteiger partial charge is 0.381 e. The van der Waals surface area contributed by atoms with E-state index in [-0.39, 0.29) is 5.82 Å².